The molecule has 78 valence electrons. The molecule has 1 unspecified atom stereocenters. The van der Waals surface area contributed by atoms with E-state index in [1.54, 1.807) is 18.4 Å². The van der Waals surface area contributed by atoms with Crippen LogP contribution in [0.15, 0.2) is 11.4 Å². The molecule has 2 nitrogen and oxygen atoms in total. The zero-order valence-corrected chi connectivity index (χ0v) is 8.35. The Labute approximate surface area is 84.2 Å². The summed E-state index contributed by atoms with van der Waals surface area (Å²) in [6, 6.07) is 1.72. The van der Waals surface area contributed by atoms with Crippen LogP contribution < -0.4 is 0 Å². The van der Waals surface area contributed by atoms with E-state index in [1.807, 2.05) is 0 Å². The van der Waals surface area contributed by atoms with Crippen LogP contribution in [0.5, 0.6) is 0 Å². The summed E-state index contributed by atoms with van der Waals surface area (Å²) in [5, 5.41) is 10.2. The molecule has 0 spiro atoms. The summed E-state index contributed by atoms with van der Waals surface area (Å²) < 4.78 is 25.1. The van der Waals surface area contributed by atoms with Crippen LogP contribution in [0.3, 0.4) is 0 Å². The molecular formula is C9H10F2O2S. The number of carbonyl (C=O) groups is 1. The minimum atomic E-state index is -2.62. The Bertz CT molecular complexity index is 322. The monoisotopic (exact) mass is 220 g/mol. The van der Waals surface area contributed by atoms with Crippen LogP contribution in [0.25, 0.3) is 0 Å². The zero-order valence-electron chi connectivity index (χ0n) is 7.54. The normalized spacial score (nSPS) is 13.1. The highest BCUT2D eigenvalue weighted by Crippen LogP contribution is 2.32. The number of halogens is 2. The van der Waals surface area contributed by atoms with Crippen LogP contribution in [0, 0.1) is 6.92 Å². The Hall–Kier alpha value is -0.970. The van der Waals surface area contributed by atoms with E-state index >= 15 is 0 Å². The number of thiophene rings is 1. The summed E-state index contributed by atoms with van der Waals surface area (Å²) in [5.41, 5.74) is 0.738. The molecule has 0 aliphatic heterocycles. The van der Waals surface area contributed by atoms with Gasteiger partial charge < -0.3 is 5.11 Å². The fourth-order valence-corrected chi connectivity index (χ4v) is 2.28. The van der Waals surface area contributed by atoms with E-state index in [-0.39, 0.29) is 0 Å². The minimum absolute atomic E-state index is 0.474. The van der Waals surface area contributed by atoms with E-state index in [2.05, 4.69) is 0 Å². The lowest BCUT2D eigenvalue weighted by Crippen LogP contribution is -2.13. The number of aliphatic carboxylic acids is 1. The fourth-order valence-electron chi connectivity index (χ4n) is 1.25. The number of carboxylic acids is 1. The molecule has 1 atom stereocenters. The molecule has 0 bridgehead atoms. The molecule has 0 aliphatic carbocycles. The Morgan fingerprint density at radius 1 is 1.64 bits per heavy atom. The maximum atomic E-state index is 12.5. The lowest BCUT2D eigenvalue weighted by Gasteiger charge is -2.12. The molecule has 0 saturated carbocycles. The van der Waals surface area contributed by atoms with Crippen molar-refractivity contribution >= 4 is 17.3 Å². The number of carboxylic acid groups (broad SMARTS) is 1. The quantitative estimate of drug-likeness (QED) is 0.847. The van der Waals surface area contributed by atoms with Gasteiger partial charge >= 0.3 is 5.97 Å². The van der Waals surface area contributed by atoms with Gasteiger partial charge in [0.2, 0.25) is 6.43 Å². The van der Waals surface area contributed by atoms with E-state index in [1.165, 1.54) is 11.3 Å². The first kappa shape index (κ1) is 11.1. The van der Waals surface area contributed by atoms with Crippen LogP contribution in [-0.4, -0.2) is 17.5 Å². The number of rotatable bonds is 4. The van der Waals surface area contributed by atoms with Crippen molar-refractivity contribution in [2.45, 2.75) is 25.7 Å². The highest BCUT2D eigenvalue weighted by molar-refractivity contribution is 7.10. The Morgan fingerprint density at radius 3 is 2.64 bits per heavy atom. The van der Waals surface area contributed by atoms with Crippen molar-refractivity contribution < 1.29 is 18.7 Å². The lowest BCUT2D eigenvalue weighted by molar-refractivity contribution is -0.138. The Balaban J connectivity index is 2.88. The smallest absolute Gasteiger partial charge is 0.304 e. The third-order valence-corrected chi connectivity index (χ3v) is 3.09. The molecule has 0 aromatic carbocycles. The molecule has 0 aliphatic rings. The van der Waals surface area contributed by atoms with E-state index in [0.717, 1.165) is 5.56 Å². The van der Waals surface area contributed by atoms with Gasteiger partial charge in [-0.05, 0) is 23.9 Å². The van der Waals surface area contributed by atoms with Gasteiger partial charge in [0.15, 0.2) is 0 Å². The van der Waals surface area contributed by atoms with Gasteiger partial charge in [0.05, 0.1) is 12.3 Å². The number of hydrogen-bond donors (Lipinski definition) is 1. The molecule has 14 heavy (non-hydrogen) atoms. The van der Waals surface area contributed by atoms with E-state index < -0.39 is 24.7 Å². The van der Waals surface area contributed by atoms with Gasteiger partial charge in [-0.2, -0.15) is 0 Å². The average molecular weight is 220 g/mol. The van der Waals surface area contributed by atoms with Crippen molar-refractivity contribution in [2.24, 2.45) is 0 Å². The third kappa shape index (κ3) is 2.51. The highest BCUT2D eigenvalue weighted by Gasteiger charge is 2.27. The van der Waals surface area contributed by atoms with Gasteiger partial charge in [-0.25, -0.2) is 8.78 Å². The second kappa shape index (κ2) is 4.50. The van der Waals surface area contributed by atoms with E-state index in [4.69, 9.17) is 5.11 Å². The van der Waals surface area contributed by atoms with Crippen molar-refractivity contribution in [3.8, 4) is 0 Å². The molecule has 1 aromatic heterocycles. The summed E-state index contributed by atoms with van der Waals surface area (Å²) >= 11 is 1.18. The molecule has 0 amide bonds. The number of aryl methyl sites for hydroxylation is 1. The predicted octanol–water partition coefficient (Wildman–Crippen LogP) is 2.88. The molecular weight excluding hydrogens is 210 g/mol. The van der Waals surface area contributed by atoms with Crippen molar-refractivity contribution in [1.29, 1.82) is 0 Å². The van der Waals surface area contributed by atoms with Crippen LogP contribution in [-0.2, 0) is 4.79 Å². The standard InChI is InChI=1S/C9H10F2O2S/c1-5-2-3-14-8(5)6(9(10)11)4-7(12)13/h2-3,6,9H,4H2,1H3,(H,12,13). The van der Waals surface area contributed by atoms with Gasteiger partial charge in [0.25, 0.3) is 0 Å². The SMILES string of the molecule is Cc1ccsc1C(CC(=O)O)C(F)F. The molecule has 1 rings (SSSR count). The fraction of sp³-hybridized carbons (Fsp3) is 0.444. The lowest BCUT2D eigenvalue weighted by atomic mass is 10.0. The first-order valence-electron chi connectivity index (χ1n) is 4.06. The number of alkyl halides is 2. The summed E-state index contributed by atoms with van der Waals surface area (Å²) in [5.74, 6) is -2.37. The van der Waals surface area contributed by atoms with Gasteiger partial charge in [0.1, 0.15) is 0 Å². The topological polar surface area (TPSA) is 37.3 Å². The largest absolute Gasteiger partial charge is 0.481 e. The summed E-state index contributed by atoms with van der Waals surface area (Å²) in [7, 11) is 0. The van der Waals surface area contributed by atoms with Gasteiger partial charge in [0, 0.05) is 4.88 Å². The summed E-state index contributed by atoms with van der Waals surface area (Å²) in [6.45, 7) is 1.71. The first-order valence-corrected chi connectivity index (χ1v) is 4.94. The molecule has 0 radical (unpaired) electrons. The van der Waals surface area contributed by atoms with Crippen molar-refractivity contribution in [3.63, 3.8) is 0 Å². The summed E-state index contributed by atoms with van der Waals surface area (Å²) in [6.07, 6.45) is -3.14. The van der Waals surface area contributed by atoms with Crippen molar-refractivity contribution in [3.05, 3.63) is 21.9 Å². The second-order valence-electron chi connectivity index (χ2n) is 3.01. The minimum Gasteiger partial charge on any atom is -0.481 e. The molecule has 0 fully saturated rings. The zero-order chi connectivity index (χ0) is 10.7. The first-order chi connectivity index (χ1) is 6.52. The predicted molar refractivity (Wildman–Crippen MR) is 50.1 cm³/mol. The van der Waals surface area contributed by atoms with Gasteiger partial charge in [-0.15, -0.1) is 11.3 Å². The maximum Gasteiger partial charge on any atom is 0.304 e. The van der Waals surface area contributed by atoms with Gasteiger partial charge in [-0.3, -0.25) is 4.79 Å². The molecule has 5 heteroatoms. The van der Waals surface area contributed by atoms with Crippen LogP contribution >= 0.6 is 11.3 Å². The maximum absolute atomic E-state index is 12.5. The van der Waals surface area contributed by atoms with E-state index in [9.17, 15) is 13.6 Å². The van der Waals surface area contributed by atoms with Crippen LogP contribution in [0.2, 0.25) is 0 Å². The third-order valence-electron chi connectivity index (χ3n) is 1.94. The van der Waals surface area contributed by atoms with Crippen LogP contribution in [0.4, 0.5) is 8.78 Å². The number of hydrogen-bond acceptors (Lipinski definition) is 2. The second-order valence-corrected chi connectivity index (χ2v) is 3.95. The Kier molecular flexibility index (Phi) is 3.57. The van der Waals surface area contributed by atoms with E-state index in [0.29, 0.717) is 4.88 Å². The van der Waals surface area contributed by atoms with Crippen molar-refractivity contribution in [2.75, 3.05) is 0 Å². The molecule has 1 heterocycles. The Morgan fingerprint density at radius 2 is 2.29 bits per heavy atom. The summed E-state index contributed by atoms with van der Waals surface area (Å²) in [4.78, 5) is 10.9. The molecule has 1 N–H and O–H groups in total. The molecule has 1 aromatic rings. The van der Waals surface area contributed by atoms with Crippen LogP contribution in [0.1, 0.15) is 22.8 Å². The average Bonchev–Trinajstić information content (AvgIpc) is 2.46. The van der Waals surface area contributed by atoms with Crippen molar-refractivity contribution in [1.82, 2.24) is 0 Å². The highest BCUT2D eigenvalue weighted by atomic mass is 32.1. The van der Waals surface area contributed by atoms with Gasteiger partial charge in [-0.1, -0.05) is 0 Å². The molecule has 0 saturated heterocycles.